The summed E-state index contributed by atoms with van der Waals surface area (Å²) in [4.78, 5) is 0. The molecule has 1 aliphatic heterocycles. The molecular formula is C31H34O2S4. The van der Waals surface area contributed by atoms with Crippen LogP contribution in [-0.4, -0.2) is 48.7 Å². The molecule has 4 aromatic carbocycles. The predicted octanol–water partition coefficient (Wildman–Crippen LogP) is 9.01. The van der Waals surface area contributed by atoms with Gasteiger partial charge in [-0.3, -0.25) is 0 Å². The number of rotatable bonds is 2. The van der Waals surface area contributed by atoms with Crippen LogP contribution in [0.15, 0.2) is 60.7 Å². The number of thioether (sulfide) groups is 4. The Bertz CT molecular complexity index is 1250. The zero-order valence-corrected chi connectivity index (χ0v) is 24.9. The molecule has 6 heteroatoms. The highest BCUT2D eigenvalue weighted by atomic mass is 32.2. The molecule has 1 aliphatic rings. The normalized spacial score (nSPS) is 16.1. The lowest BCUT2D eigenvalue weighted by Crippen LogP contribution is -2.01. The van der Waals surface area contributed by atoms with Gasteiger partial charge in [0, 0.05) is 56.8 Å². The fourth-order valence-electron chi connectivity index (χ4n) is 5.02. The average molecular weight is 567 g/mol. The van der Waals surface area contributed by atoms with Crippen molar-refractivity contribution < 1.29 is 9.47 Å². The molecule has 194 valence electrons. The number of ether oxygens (including phenoxy) is 2. The van der Waals surface area contributed by atoms with E-state index >= 15 is 0 Å². The molecule has 0 fully saturated rings. The molecule has 0 saturated carbocycles. The fraction of sp³-hybridized carbons (Fsp3) is 0.355. The Morgan fingerprint density at radius 3 is 1.43 bits per heavy atom. The van der Waals surface area contributed by atoms with Crippen LogP contribution in [0.5, 0.6) is 11.5 Å². The fourth-order valence-corrected chi connectivity index (χ4v) is 9.35. The third-order valence-electron chi connectivity index (χ3n) is 6.65. The minimum absolute atomic E-state index is 0.938. The highest BCUT2D eigenvalue weighted by Gasteiger charge is 2.23. The summed E-state index contributed by atoms with van der Waals surface area (Å²) in [5.74, 6) is 11.1. The molecule has 4 bridgehead atoms. The Labute approximate surface area is 238 Å². The van der Waals surface area contributed by atoms with Crippen molar-refractivity contribution in [2.45, 2.75) is 17.9 Å². The molecule has 0 unspecified atom stereocenters. The summed E-state index contributed by atoms with van der Waals surface area (Å²) in [7, 11) is 3.64. The molecule has 0 radical (unpaired) electrons. The van der Waals surface area contributed by atoms with Gasteiger partial charge in [0.15, 0.2) is 0 Å². The van der Waals surface area contributed by atoms with Crippen molar-refractivity contribution in [1.29, 1.82) is 0 Å². The lowest BCUT2D eigenvalue weighted by atomic mass is 9.89. The Morgan fingerprint density at radius 1 is 0.541 bits per heavy atom. The first-order chi connectivity index (χ1) is 18.3. The van der Waals surface area contributed by atoms with E-state index in [0.717, 1.165) is 45.6 Å². The third-order valence-corrected chi connectivity index (χ3v) is 11.3. The van der Waals surface area contributed by atoms with Crippen molar-refractivity contribution >= 4 is 68.6 Å². The minimum atomic E-state index is 0.938. The van der Waals surface area contributed by atoms with Gasteiger partial charge in [-0.15, -0.1) is 0 Å². The SMILES string of the molecule is COc1c2cc3ccccc3c1-c1c(OC)c(cc3ccccc13)CSCCSCCCSCCSC2. The lowest BCUT2D eigenvalue weighted by molar-refractivity contribution is 0.407. The summed E-state index contributed by atoms with van der Waals surface area (Å²) in [5.41, 5.74) is 4.82. The van der Waals surface area contributed by atoms with Gasteiger partial charge in [0.2, 0.25) is 0 Å². The molecule has 4 aromatic rings. The van der Waals surface area contributed by atoms with Crippen molar-refractivity contribution in [2.24, 2.45) is 0 Å². The Morgan fingerprint density at radius 2 is 0.973 bits per heavy atom. The molecule has 2 nitrogen and oxygen atoms in total. The summed E-state index contributed by atoms with van der Waals surface area (Å²) in [6.07, 6.45) is 1.30. The Balaban J connectivity index is 1.74. The van der Waals surface area contributed by atoms with Crippen molar-refractivity contribution in [3.63, 3.8) is 0 Å². The van der Waals surface area contributed by atoms with Crippen LogP contribution in [0.4, 0.5) is 0 Å². The molecule has 0 N–H and O–H groups in total. The average Bonchev–Trinajstić information content (AvgIpc) is 2.93. The maximum absolute atomic E-state index is 6.25. The van der Waals surface area contributed by atoms with Crippen molar-refractivity contribution in [1.82, 2.24) is 0 Å². The van der Waals surface area contributed by atoms with E-state index in [-0.39, 0.29) is 0 Å². The van der Waals surface area contributed by atoms with Crippen LogP contribution >= 0.6 is 47.0 Å². The maximum Gasteiger partial charge on any atom is 0.131 e. The van der Waals surface area contributed by atoms with E-state index in [1.54, 1.807) is 0 Å². The molecule has 0 saturated heterocycles. The van der Waals surface area contributed by atoms with E-state index < -0.39 is 0 Å². The molecule has 1 heterocycles. The number of methoxy groups -OCH3 is 2. The van der Waals surface area contributed by atoms with Gasteiger partial charge in [-0.2, -0.15) is 47.0 Å². The zero-order valence-electron chi connectivity index (χ0n) is 21.6. The highest BCUT2D eigenvalue weighted by molar-refractivity contribution is 8.03. The smallest absolute Gasteiger partial charge is 0.131 e. The maximum atomic E-state index is 6.25. The van der Waals surface area contributed by atoms with Gasteiger partial charge in [0.05, 0.1) is 14.2 Å². The minimum Gasteiger partial charge on any atom is -0.496 e. The largest absolute Gasteiger partial charge is 0.496 e. The van der Waals surface area contributed by atoms with Gasteiger partial charge in [-0.25, -0.2) is 0 Å². The first-order valence-electron chi connectivity index (χ1n) is 12.8. The quantitative estimate of drug-likeness (QED) is 0.239. The monoisotopic (exact) mass is 566 g/mol. The first-order valence-corrected chi connectivity index (χ1v) is 17.4. The van der Waals surface area contributed by atoms with E-state index in [1.165, 1.54) is 62.1 Å². The molecular weight excluding hydrogens is 533 g/mol. The van der Waals surface area contributed by atoms with Crippen LogP contribution in [0.3, 0.4) is 0 Å². The van der Waals surface area contributed by atoms with E-state index in [9.17, 15) is 0 Å². The highest BCUT2D eigenvalue weighted by Crippen LogP contribution is 2.49. The molecule has 0 spiro atoms. The van der Waals surface area contributed by atoms with Gasteiger partial charge in [-0.05, 0) is 51.6 Å². The second kappa shape index (κ2) is 13.5. The van der Waals surface area contributed by atoms with Crippen molar-refractivity contribution in [3.05, 3.63) is 71.8 Å². The molecule has 5 rings (SSSR count). The molecule has 0 aliphatic carbocycles. The molecule has 0 amide bonds. The second-order valence-electron chi connectivity index (χ2n) is 9.01. The molecule has 0 aromatic heterocycles. The topological polar surface area (TPSA) is 18.5 Å². The predicted molar refractivity (Wildman–Crippen MR) is 172 cm³/mol. The summed E-state index contributed by atoms with van der Waals surface area (Å²) in [6, 6.07) is 22.1. The van der Waals surface area contributed by atoms with Crippen LogP contribution in [-0.2, 0) is 11.5 Å². The lowest BCUT2D eigenvalue weighted by Gasteiger charge is -2.22. The number of hydrogen-bond acceptors (Lipinski definition) is 6. The Hall–Kier alpha value is -1.60. The van der Waals surface area contributed by atoms with Crippen molar-refractivity contribution in [2.75, 3.05) is 48.7 Å². The van der Waals surface area contributed by atoms with Crippen LogP contribution in [0.2, 0.25) is 0 Å². The third kappa shape index (κ3) is 6.19. The van der Waals surface area contributed by atoms with Gasteiger partial charge in [0.1, 0.15) is 11.5 Å². The first kappa shape index (κ1) is 27.0. The zero-order chi connectivity index (χ0) is 25.5. The summed E-state index contributed by atoms with van der Waals surface area (Å²) in [6.45, 7) is 0. The van der Waals surface area contributed by atoms with Crippen molar-refractivity contribution in [3.8, 4) is 22.6 Å². The number of fused-ring (bicyclic) bond motifs is 9. The standard InChI is InChI=1S/C31H34O2S4/c1-32-30-24-18-22-8-3-5-10-26(22)28(30)29-27-11-6-4-9-23(27)19-25(31(29)33-2)21-37-17-15-35-13-7-12-34-14-16-36-20-24/h3-6,8-11,18-19H,7,12-17,20-21H2,1-2H3. The van der Waals surface area contributed by atoms with Gasteiger partial charge < -0.3 is 9.47 Å². The van der Waals surface area contributed by atoms with E-state index in [0.29, 0.717) is 0 Å². The molecule has 37 heavy (non-hydrogen) atoms. The van der Waals surface area contributed by atoms with Gasteiger partial charge in [-0.1, -0.05) is 48.5 Å². The summed E-state index contributed by atoms with van der Waals surface area (Å²) in [5, 5.41) is 4.91. The van der Waals surface area contributed by atoms with Gasteiger partial charge in [0.25, 0.3) is 0 Å². The molecule has 0 atom stereocenters. The van der Waals surface area contributed by atoms with Gasteiger partial charge >= 0.3 is 0 Å². The number of hydrogen-bond donors (Lipinski definition) is 0. The van der Waals surface area contributed by atoms with Crippen LogP contribution < -0.4 is 9.47 Å². The van der Waals surface area contributed by atoms with Crippen LogP contribution in [0.1, 0.15) is 17.5 Å². The number of benzene rings is 4. The Kier molecular flexibility index (Phi) is 9.82. The summed E-state index contributed by atoms with van der Waals surface area (Å²) >= 11 is 8.20. The van der Waals surface area contributed by atoms with Crippen LogP contribution in [0, 0.1) is 0 Å². The van der Waals surface area contributed by atoms with Crippen LogP contribution in [0.25, 0.3) is 32.7 Å². The van der Waals surface area contributed by atoms with E-state index in [4.69, 9.17) is 9.47 Å². The van der Waals surface area contributed by atoms with E-state index in [2.05, 4.69) is 84.2 Å². The van der Waals surface area contributed by atoms with E-state index in [1.807, 2.05) is 37.7 Å². The second-order valence-corrected chi connectivity index (χ2v) is 13.7. The summed E-state index contributed by atoms with van der Waals surface area (Å²) < 4.78 is 12.5.